The first-order valence-corrected chi connectivity index (χ1v) is 7.26. The molecular formula is C15H27N5O. The quantitative estimate of drug-likeness (QED) is 0.792. The summed E-state index contributed by atoms with van der Waals surface area (Å²) in [6, 6.07) is 0. The molecule has 1 aromatic rings. The lowest BCUT2D eigenvalue weighted by atomic mass is 10.1. The Morgan fingerprint density at radius 1 is 1.33 bits per heavy atom. The van der Waals surface area contributed by atoms with Crippen LogP contribution >= 0.6 is 0 Å². The summed E-state index contributed by atoms with van der Waals surface area (Å²) in [5.41, 5.74) is 6.35. The van der Waals surface area contributed by atoms with Gasteiger partial charge in [-0.1, -0.05) is 13.8 Å². The zero-order chi connectivity index (χ0) is 16.0. The van der Waals surface area contributed by atoms with E-state index in [2.05, 4.69) is 49.9 Å². The largest absolute Gasteiger partial charge is 0.368 e. The number of anilines is 1. The molecule has 3 N–H and O–H groups in total. The monoisotopic (exact) mass is 293 g/mol. The topological polar surface area (TPSA) is 84.1 Å². The van der Waals surface area contributed by atoms with Gasteiger partial charge in [0.05, 0.1) is 6.54 Å². The second-order valence-electron chi connectivity index (χ2n) is 6.74. The van der Waals surface area contributed by atoms with E-state index in [-0.39, 0.29) is 18.0 Å². The molecule has 0 bridgehead atoms. The van der Waals surface area contributed by atoms with Crippen molar-refractivity contribution in [3.8, 4) is 0 Å². The molecule has 0 atom stereocenters. The van der Waals surface area contributed by atoms with Crippen LogP contribution in [0.25, 0.3) is 0 Å². The van der Waals surface area contributed by atoms with Gasteiger partial charge in [0.1, 0.15) is 0 Å². The Morgan fingerprint density at radius 2 is 1.90 bits per heavy atom. The van der Waals surface area contributed by atoms with Crippen LogP contribution in [0.15, 0.2) is 12.4 Å². The van der Waals surface area contributed by atoms with Crippen LogP contribution in [0.5, 0.6) is 0 Å². The van der Waals surface area contributed by atoms with Crippen LogP contribution in [0.1, 0.15) is 40.2 Å². The smallest absolute Gasteiger partial charge is 0.237 e. The van der Waals surface area contributed by atoms with E-state index >= 15 is 0 Å². The minimum Gasteiger partial charge on any atom is -0.368 e. The summed E-state index contributed by atoms with van der Waals surface area (Å²) < 4.78 is 0. The predicted molar refractivity (Wildman–Crippen MR) is 84.9 cm³/mol. The average Bonchev–Trinajstić information content (AvgIpc) is 2.34. The molecule has 6 nitrogen and oxygen atoms in total. The predicted octanol–water partition coefficient (Wildman–Crippen LogP) is 1.31. The van der Waals surface area contributed by atoms with Gasteiger partial charge in [-0.25, -0.2) is 9.97 Å². The molecule has 6 heteroatoms. The Labute approximate surface area is 127 Å². The highest BCUT2D eigenvalue weighted by molar-refractivity contribution is 5.78. The Bertz CT molecular complexity index is 450. The van der Waals surface area contributed by atoms with Crippen LogP contribution in [0, 0.1) is 5.92 Å². The number of nitrogens with one attached hydrogen (secondary N) is 1. The molecule has 0 aromatic carbocycles. The zero-order valence-electron chi connectivity index (χ0n) is 13.7. The van der Waals surface area contributed by atoms with Crippen LogP contribution < -0.4 is 16.0 Å². The number of amides is 1. The molecule has 0 fully saturated rings. The molecule has 1 heterocycles. The summed E-state index contributed by atoms with van der Waals surface area (Å²) >= 11 is 0. The van der Waals surface area contributed by atoms with E-state index in [9.17, 15) is 4.79 Å². The Kier molecular flexibility index (Phi) is 6.08. The number of carbonyl (C=O) groups is 1. The van der Waals surface area contributed by atoms with Crippen molar-refractivity contribution >= 4 is 11.9 Å². The van der Waals surface area contributed by atoms with Crippen molar-refractivity contribution in [3.05, 3.63) is 18.0 Å². The fourth-order valence-electron chi connectivity index (χ4n) is 1.82. The summed E-state index contributed by atoms with van der Waals surface area (Å²) in [7, 11) is 0. The van der Waals surface area contributed by atoms with Gasteiger partial charge >= 0.3 is 0 Å². The maximum absolute atomic E-state index is 11.2. The number of carbonyl (C=O) groups excluding carboxylic acids is 1. The molecule has 0 radical (unpaired) electrons. The molecular weight excluding hydrogens is 266 g/mol. The minimum absolute atomic E-state index is 0.0499. The molecule has 21 heavy (non-hydrogen) atoms. The van der Waals surface area contributed by atoms with Crippen LogP contribution in [0.2, 0.25) is 0 Å². The zero-order valence-corrected chi connectivity index (χ0v) is 13.7. The number of nitrogens with two attached hydrogens (primary N) is 1. The van der Waals surface area contributed by atoms with Crippen molar-refractivity contribution in [1.82, 2.24) is 15.3 Å². The SMILES string of the molecule is CC(C)CN(CC(N)=O)c1ncc(CNC(C)(C)C)cn1. The number of aromatic nitrogens is 2. The number of nitrogens with zero attached hydrogens (tertiary/aromatic N) is 3. The van der Waals surface area contributed by atoms with E-state index in [1.807, 2.05) is 4.90 Å². The lowest BCUT2D eigenvalue weighted by molar-refractivity contribution is -0.116. The lowest BCUT2D eigenvalue weighted by Crippen LogP contribution is -2.37. The third-order valence-electron chi connectivity index (χ3n) is 2.73. The molecule has 0 spiro atoms. The summed E-state index contributed by atoms with van der Waals surface area (Å²) in [4.78, 5) is 21.7. The van der Waals surface area contributed by atoms with Gasteiger partial charge in [0.15, 0.2) is 0 Å². The fourth-order valence-corrected chi connectivity index (χ4v) is 1.82. The molecule has 0 aliphatic carbocycles. The lowest BCUT2D eigenvalue weighted by Gasteiger charge is -2.23. The van der Waals surface area contributed by atoms with Crippen LogP contribution in [0.3, 0.4) is 0 Å². The summed E-state index contributed by atoms with van der Waals surface area (Å²) in [5, 5.41) is 3.38. The molecule has 1 aromatic heterocycles. The summed E-state index contributed by atoms with van der Waals surface area (Å²) in [6.07, 6.45) is 3.57. The molecule has 0 saturated carbocycles. The normalized spacial score (nSPS) is 11.7. The third-order valence-corrected chi connectivity index (χ3v) is 2.73. The van der Waals surface area contributed by atoms with E-state index in [0.717, 1.165) is 5.56 Å². The third kappa shape index (κ3) is 7.04. The van der Waals surface area contributed by atoms with Gasteiger partial charge in [0.25, 0.3) is 0 Å². The van der Waals surface area contributed by atoms with Crippen LogP contribution in [0.4, 0.5) is 5.95 Å². The molecule has 0 saturated heterocycles. The van der Waals surface area contributed by atoms with Crippen LogP contribution in [-0.4, -0.2) is 34.5 Å². The van der Waals surface area contributed by atoms with E-state index in [4.69, 9.17) is 5.73 Å². The summed E-state index contributed by atoms with van der Waals surface area (Å²) in [5.74, 6) is 0.565. The van der Waals surface area contributed by atoms with E-state index in [1.54, 1.807) is 12.4 Å². The van der Waals surface area contributed by atoms with Gasteiger partial charge in [0, 0.05) is 36.6 Å². The van der Waals surface area contributed by atoms with Crippen molar-refractivity contribution in [2.75, 3.05) is 18.0 Å². The number of primary amides is 1. The number of hydrogen-bond acceptors (Lipinski definition) is 5. The second kappa shape index (κ2) is 7.36. The van der Waals surface area contributed by atoms with Crippen molar-refractivity contribution in [2.45, 2.75) is 46.7 Å². The number of hydrogen-bond donors (Lipinski definition) is 2. The summed E-state index contributed by atoms with van der Waals surface area (Å²) in [6.45, 7) is 12.0. The van der Waals surface area contributed by atoms with E-state index in [0.29, 0.717) is 25.0 Å². The van der Waals surface area contributed by atoms with Gasteiger partial charge in [-0.05, 0) is 26.7 Å². The number of rotatable bonds is 7. The Hall–Kier alpha value is -1.69. The standard InChI is InChI=1S/C15H27N5O/c1-11(2)9-20(10-13(16)21)14-17-6-12(7-18-14)8-19-15(3,4)5/h6-7,11,19H,8-10H2,1-5H3,(H2,16,21). The first-order chi connectivity index (χ1) is 9.67. The molecule has 118 valence electrons. The van der Waals surface area contributed by atoms with Gasteiger partial charge < -0.3 is 16.0 Å². The fraction of sp³-hybridized carbons (Fsp3) is 0.667. The average molecular weight is 293 g/mol. The minimum atomic E-state index is -0.377. The first-order valence-electron chi connectivity index (χ1n) is 7.26. The van der Waals surface area contributed by atoms with Gasteiger partial charge in [0.2, 0.25) is 11.9 Å². The Morgan fingerprint density at radius 3 is 2.33 bits per heavy atom. The van der Waals surface area contributed by atoms with Gasteiger partial charge in [-0.3, -0.25) is 4.79 Å². The highest BCUT2D eigenvalue weighted by atomic mass is 16.1. The molecule has 0 unspecified atom stereocenters. The van der Waals surface area contributed by atoms with Crippen LogP contribution in [-0.2, 0) is 11.3 Å². The van der Waals surface area contributed by atoms with Crippen molar-refractivity contribution in [3.63, 3.8) is 0 Å². The van der Waals surface area contributed by atoms with Crippen molar-refractivity contribution in [1.29, 1.82) is 0 Å². The molecule has 0 aliphatic rings. The molecule has 1 amide bonds. The van der Waals surface area contributed by atoms with Gasteiger partial charge in [-0.2, -0.15) is 0 Å². The van der Waals surface area contributed by atoms with Crippen molar-refractivity contribution < 1.29 is 4.79 Å². The highest BCUT2D eigenvalue weighted by Gasteiger charge is 2.14. The van der Waals surface area contributed by atoms with Crippen molar-refractivity contribution in [2.24, 2.45) is 11.7 Å². The maximum Gasteiger partial charge on any atom is 0.237 e. The van der Waals surface area contributed by atoms with E-state index < -0.39 is 0 Å². The second-order valence-corrected chi connectivity index (χ2v) is 6.74. The maximum atomic E-state index is 11.2. The first kappa shape index (κ1) is 17.4. The van der Waals surface area contributed by atoms with E-state index in [1.165, 1.54) is 0 Å². The molecule has 1 rings (SSSR count). The Balaban J connectivity index is 2.75. The highest BCUT2D eigenvalue weighted by Crippen LogP contribution is 2.10. The molecule has 0 aliphatic heterocycles. The van der Waals surface area contributed by atoms with Gasteiger partial charge in [-0.15, -0.1) is 0 Å².